The summed E-state index contributed by atoms with van der Waals surface area (Å²) >= 11 is 0. The highest BCUT2D eigenvalue weighted by Gasteiger charge is 2.25. The SMILES string of the molecule is Cc1cc(C)c(S(=O)(=O)NC(C)C(=O)NCc2cccnc2)c(C)c1. The van der Waals surface area contributed by atoms with Gasteiger partial charge in [0, 0.05) is 18.9 Å². The van der Waals surface area contributed by atoms with E-state index in [1.54, 1.807) is 32.3 Å². The van der Waals surface area contributed by atoms with Crippen molar-refractivity contribution in [3.8, 4) is 0 Å². The number of pyridine rings is 1. The van der Waals surface area contributed by atoms with Crippen LogP contribution in [0.1, 0.15) is 29.2 Å². The van der Waals surface area contributed by atoms with E-state index in [-0.39, 0.29) is 4.90 Å². The van der Waals surface area contributed by atoms with Gasteiger partial charge < -0.3 is 5.32 Å². The van der Waals surface area contributed by atoms with Crippen LogP contribution in [0, 0.1) is 20.8 Å². The maximum Gasteiger partial charge on any atom is 0.241 e. The number of benzene rings is 1. The summed E-state index contributed by atoms with van der Waals surface area (Å²) in [6, 6.07) is 6.35. The predicted molar refractivity (Wildman–Crippen MR) is 96.5 cm³/mol. The normalized spacial score (nSPS) is 12.6. The fourth-order valence-electron chi connectivity index (χ4n) is 2.78. The van der Waals surface area contributed by atoms with Gasteiger partial charge in [0.15, 0.2) is 0 Å². The molecular weight excluding hydrogens is 338 g/mol. The molecule has 1 aromatic heterocycles. The first-order chi connectivity index (χ1) is 11.7. The van der Waals surface area contributed by atoms with Gasteiger partial charge in [-0.1, -0.05) is 23.8 Å². The third-order valence-corrected chi connectivity index (χ3v) is 5.63. The molecule has 1 atom stereocenters. The van der Waals surface area contributed by atoms with Gasteiger partial charge in [-0.05, 0) is 50.5 Å². The van der Waals surface area contributed by atoms with Crippen molar-refractivity contribution < 1.29 is 13.2 Å². The van der Waals surface area contributed by atoms with Gasteiger partial charge in [0.1, 0.15) is 0 Å². The average Bonchev–Trinajstić information content (AvgIpc) is 2.51. The maximum atomic E-state index is 12.7. The molecule has 2 aromatic rings. The summed E-state index contributed by atoms with van der Waals surface area (Å²) in [5.41, 5.74) is 3.16. The van der Waals surface area contributed by atoms with Crippen molar-refractivity contribution in [3.05, 3.63) is 58.9 Å². The first kappa shape index (κ1) is 19.1. The number of carbonyl (C=O) groups excluding carboxylic acids is 1. The second-order valence-corrected chi connectivity index (χ2v) is 7.80. The monoisotopic (exact) mass is 361 g/mol. The van der Waals surface area contributed by atoms with Gasteiger partial charge in [-0.15, -0.1) is 0 Å². The summed E-state index contributed by atoms with van der Waals surface area (Å²) in [7, 11) is -3.79. The van der Waals surface area contributed by atoms with Crippen molar-refractivity contribution >= 4 is 15.9 Å². The van der Waals surface area contributed by atoms with Gasteiger partial charge in [-0.2, -0.15) is 4.72 Å². The van der Waals surface area contributed by atoms with Crippen LogP contribution in [0.4, 0.5) is 0 Å². The molecule has 1 aromatic carbocycles. The summed E-state index contributed by atoms with van der Waals surface area (Å²) in [4.78, 5) is 16.4. The lowest BCUT2D eigenvalue weighted by Crippen LogP contribution is -2.44. The van der Waals surface area contributed by atoms with Crippen LogP contribution in [-0.4, -0.2) is 25.4 Å². The Morgan fingerprint density at radius 3 is 2.40 bits per heavy atom. The number of nitrogens with one attached hydrogen (secondary N) is 2. The number of carbonyl (C=O) groups is 1. The van der Waals surface area contributed by atoms with Crippen LogP contribution < -0.4 is 10.0 Å². The van der Waals surface area contributed by atoms with Gasteiger partial charge in [0.05, 0.1) is 10.9 Å². The Hall–Kier alpha value is -2.25. The van der Waals surface area contributed by atoms with Crippen LogP contribution in [0.15, 0.2) is 41.6 Å². The van der Waals surface area contributed by atoms with E-state index in [1.165, 1.54) is 6.92 Å². The lowest BCUT2D eigenvalue weighted by Gasteiger charge is -2.17. The van der Waals surface area contributed by atoms with E-state index in [4.69, 9.17) is 0 Å². The smallest absolute Gasteiger partial charge is 0.241 e. The zero-order valence-corrected chi connectivity index (χ0v) is 15.6. The number of hydrogen-bond donors (Lipinski definition) is 2. The van der Waals surface area contributed by atoms with E-state index in [0.29, 0.717) is 17.7 Å². The maximum absolute atomic E-state index is 12.7. The first-order valence-corrected chi connectivity index (χ1v) is 9.46. The summed E-state index contributed by atoms with van der Waals surface area (Å²) < 4.78 is 27.8. The third kappa shape index (κ3) is 4.87. The van der Waals surface area contributed by atoms with E-state index >= 15 is 0 Å². The Morgan fingerprint density at radius 2 is 1.84 bits per heavy atom. The molecule has 2 rings (SSSR count). The largest absolute Gasteiger partial charge is 0.351 e. The Bertz CT molecular complexity index is 841. The molecule has 0 saturated heterocycles. The lowest BCUT2D eigenvalue weighted by molar-refractivity contribution is -0.122. The molecule has 1 amide bonds. The molecule has 0 spiro atoms. The molecule has 0 aliphatic rings. The molecule has 0 bridgehead atoms. The van der Waals surface area contributed by atoms with Gasteiger partial charge in [0.25, 0.3) is 0 Å². The molecule has 6 nitrogen and oxygen atoms in total. The van der Waals surface area contributed by atoms with Crippen LogP contribution in [0.2, 0.25) is 0 Å². The van der Waals surface area contributed by atoms with E-state index in [0.717, 1.165) is 11.1 Å². The molecule has 0 radical (unpaired) electrons. The average molecular weight is 361 g/mol. The summed E-state index contributed by atoms with van der Waals surface area (Å²) in [5, 5.41) is 2.71. The Balaban J connectivity index is 2.08. The van der Waals surface area contributed by atoms with Crippen molar-refractivity contribution in [2.45, 2.75) is 45.2 Å². The van der Waals surface area contributed by atoms with Crippen molar-refractivity contribution in [1.82, 2.24) is 15.0 Å². The molecule has 0 fully saturated rings. The predicted octanol–water partition coefficient (Wildman–Crippen LogP) is 1.99. The van der Waals surface area contributed by atoms with Crippen molar-refractivity contribution in [1.29, 1.82) is 0 Å². The van der Waals surface area contributed by atoms with E-state index in [9.17, 15) is 13.2 Å². The Morgan fingerprint density at radius 1 is 1.20 bits per heavy atom. The quantitative estimate of drug-likeness (QED) is 0.824. The van der Waals surface area contributed by atoms with Crippen LogP contribution in [0.5, 0.6) is 0 Å². The second kappa shape index (κ2) is 7.76. The Labute approximate surface area is 148 Å². The molecule has 0 aliphatic heterocycles. The number of aryl methyl sites for hydroxylation is 3. The number of nitrogens with zero attached hydrogens (tertiary/aromatic N) is 1. The summed E-state index contributed by atoms with van der Waals surface area (Å²) in [6.45, 7) is 7.23. The summed E-state index contributed by atoms with van der Waals surface area (Å²) in [6.07, 6.45) is 3.29. The molecule has 7 heteroatoms. The second-order valence-electron chi connectivity index (χ2n) is 6.15. The highest BCUT2D eigenvalue weighted by Crippen LogP contribution is 2.21. The minimum Gasteiger partial charge on any atom is -0.351 e. The van der Waals surface area contributed by atoms with Crippen molar-refractivity contribution in [2.24, 2.45) is 0 Å². The third-order valence-electron chi connectivity index (χ3n) is 3.79. The standard InChI is InChI=1S/C18H23N3O3S/c1-12-8-13(2)17(14(3)9-12)25(23,24)21-15(4)18(22)20-11-16-6-5-7-19-10-16/h5-10,15,21H,11H2,1-4H3,(H,20,22). The van der Waals surface area contributed by atoms with Crippen LogP contribution >= 0.6 is 0 Å². The highest BCUT2D eigenvalue weighted by atomic mass is 32.2. The fraction of sp³-hybridized carbons (Fsp3) is 0.333. The number of rotatable bonds is 6. The van der Waals surface area contributed by atoms with Gasteiger partial charge in [-0.3, -0.25) is 9.78 Å². The van der Waals surface area contributed by atoms with E-state index < -0.39 is 22.0 Å². The zero-order chi connectivity index (χ0) is 18.6. The lowest BCUT2D eigenvalue weighted by atomic mass is 10.1. The van der Waals surface area contributed by atoms with Crippen LogP contribution in [0.25, 0.3) is 0 Å². The molecule has 0 saturated carbocycles. The van der Waals surface area contributed by atoms with E-state index in [2.05, 4.69) is 15.0 Å². The molecular formula is C18H23N3O3S. The number of sulfonamides is 1. The van der Waals surface area contributed by atoms with Crippen molar-refractivity contribution in [2.75, 3.05) is 0 Å². The molecule has 0 aliphatic carbocycles. The number of hydrogen-bond acceptors (Lipinski definition) is 4. The van der Waals surface area contributed by atoms with Gasteiger partial charge in [0.2, 0.25) is 15.9 Å². The molecule has 134 valence electrons. The molecule has 1 unspecified atom stereocenters. The van der Waals surface area contributed by atoms with Gasteiger partial charge in [-0.25, -0.2) is 8.42 Å². The van der Waals surface area contributed by atoms with E-state index in [1.807, 2.05) is 25.1 Å². The number of aromatic nitrogens is 1. The van der Waals surface area contributed by atoms with Crippen LogP contribution in [0.3, 0.4) is 0 Å². The zero-order valence-electron chi connectivity index (χ0n) is 14.8. The van der Waals surface area contributed by atoms with Crippen molar-refractivity contribution in [3.63, 3.8) is 0 Å². The molecule has 1 heterocycles. The molecule has 2 N–H and O–H groups in total. The number of amides is 1. The topological polar surface area (TPSA) is 88.2 Å². The fourth-order valence-corrected chi connectivity index (χ4v) is 4.44. The van der Waals surface area contributed by atoms with Gasteiger partial charge >= 0.3 is 0 Å². The minimum absolute atomic E-state index is 0.227. The van der Waals surface area contributed by atoms with Crippen LogP contribution in [-0.2, 0) is 21.4 Å². The minimum atomic E-state index is -3.79. The Kier molecular flexibility index (Phi) is 5.92. The highest BCUT2D eigenvalue weighted by molar-refractivity contribution is 7.89. The molecule has 25 heavy (non-hydrogen) atoms. The summed E-state index contributed by atoms with van der Waals surface area (Å²) in [5.74, 6) is -0.394. The first-order valence-electron chi connectivity index (χ1n) is 7.97.